The van der Waals surface area contributed by atoms with E-state index in [1.807, 2.05) is 24.3 Å². The molecule has 106 valence electrons. The topological polar surface area (TPSA) is 59.4 Å². The highest BCUT2D eigenvalue weighted by Gasteiger charge is 2.18. The van der Waals surface area contributed by atoms with Crippen LogP contribution in [0.3, 0.4) is 0 Å². The van der Waals surface area contributed by atoms with Gasteiger partial charge >= 0.3 is 5.97 Å². The van der Waals surface area contributed by atoms with Crippen molar-refractivity contribution in [2.24, 2.45) is 0 Å². The van der Waals surface area contributed by atoms with E-state index in [1.165, 1.54) is 11.3 Å². The summed E-state index contributed by atoms with van der Waals surface area (Å²) in [5, 5.41) is 10.0. The van der Waals surface area contributed by atoms with Gasteiger partial charge in [-0.15, -0.1) is 11.3 Å². The predicted molar refractivity (Wildman–Crippen MR) is 79.4 cm³/mol. The summed E-state index contributed by atoms with van der Waals surface area (Å²) in [6, 6.07) is 7.56. The number of aliphatic carboxylic acids is 1. The molecule has 0 saturated heterocycles. The van der Waals surface area contributed by atoms with Crippen LogP contribution in [0.15, 0.2) is 24.3 Å². The highest BCUT2D eigenvalue weighted by Crippen LogP contribution is 2.35. The molecule has 0 fully saturated rings. The maximum Gasteiger partial charge on any atom is 0.308 e. The van der Waals surface area contributed by atoms with Crippen molar-refractivity contribution in [3.8, 4) is 17.0 Å². The van der Waals surface area contributed by atoms with Gasteiger partial charge in [-0.3, -0.25) is 4.79 Å². The van der Waals surface area contributed by atoms with Crippen molar-refractivity contribution in [2.75, 3.05) is 7.11 Å². The molecule has 1 aromatic heterocycles. The van der Waals surface area contributed by atoms with Crippen LogP contribution in [0, 0.1) is 0 Å². The number of aryl methyl sites for hydroxylation is 1. The molecule has 2 aromatic rings. The van der Waals surface area contributed by atoms with Crippen LogP contribution < -0.4 is 4.74 Å². The molecule has 1 N–H and O–H groups in total. The molecule has 0 radical (unpaired) electrons. The van der Waals surface area contributed by atoms with E-state index in [9.17, 15) is 4.79 Å². The van der Waals surface area contributed by atoms with Crippen molar-refractivity contribution in [1.29, 1.82) is 0 Å². The van der Waals surface area contributed by atoms with Crippen molar-refractivity contribution in [1.82, 2.24) is 4.98 Å². The van der Waals surface area contributed by atoms with Gasteiger partial charge in [0.1, 0.15) is 5.75 Å². The fourth-order valence-electron chi connectivity index (χ4n) is 2.03. The molecule has 4 nitrogen and oxygen atoms in total. The number of carboxylic acids is 1. The Morgan fingerprint density at radius 3 is 2.80 bits per heavy atom. The molecule has 1 heterocycles. The van der Waals surface area contributed by atoms with Gasteiger partial charge in [0.2, 0.25) is 0 Å². The Balaban J connectivity index is 2.50. The van der Waals surface area contributed by atoms with Crippen LogP contribution in [0.5, 0.6) is 5.75 Å². The number of hydrogen-bond donors (Lipinski definition) is 1. The predicted octanol–water partition coefficient (Wildman–Crippen LogP) is 3.40. The molecule has 0 aliphatic heterocycles. The molecule has 20 heavy (non-hydrogen) atoms. The summed E-state index contributed by atoms with van der Waals surface area (Å²) >= 11 is 1.48. The van der Waals surface area contributed by atoms with Gasteiger partial charge in [0.25, 0.3) is 0 Å². The highest BCUT2D eigenvalue weighted by molar-refractivity contribution is 7.12. The summed E-state index contributed by atoms with van der Waals surface area (Å²) in [5.41, 5.74) is 1.59. The third-order valence-electron chi connectivity index (χ3n) is 2.88. The van der Waals surface area contributed by atoms with Crippen molar-refractivity contribution in [3.63, 3.8) is 0 Å². The summed E-state index contributed by atoms with van der Waals surface area (Å²) in [5.74, 6) is -0.125. The standard InChI is InChI=1S/C15H17NO3S/c1-3-6-13-16-15(12(20-13)9-14(17)18)10-7-4-5-8-11(10)19-2/h4-5,7-8H,3,6,9H2,1-2H3,(H,17,18). The minimum Gasteiger partial charge on any atom is -0.496 e. The lowest BCUT2D eigenvalue weighted by molar-refractivity contribution is -0.136. The Bertz CT molecular complexity index is 607. The monoisotopic (exact) mass is 291 g/mol. The first kappa shape index (κ1) is 14.5. The maximum absolute atomic E-state index is 11.0. The molecule has 0 unspecified atom stereocenters. The van der Waals surface area contributed by atoms with E-state index in [4.69, 9.17) is 9.84 Å². The lowest BCUT2D eigenvalue weighted by Gasteiger charge is -2.07. The largest absolute Gasteiger partial charge is 0.496 e. The zero-order valence-corrected chi connectivity index (χ0v) is 12.4. The maximum atomic E-state index is 11.0. The van der Waals surface area contributed by atoms with Crippen LogP contribution >= 0.6 is 11.3 Å². The second-order valence-electron chi connectivity index (χ2n) is 4.40. The molecular formula is C15H17NO3S. The quantitative estimate of drug-likeness (QED) is 0.886. The van der Waals surface area contributed by atoms with E-state index in [0.29, 0.717) is 5.75 Å². The van der Waals surface area contributed by atoms with Gasteiger partial charge in [-0.1, -0.05) is 19.1 Å². The lowest BCUT2D eigenvalue weighted by Crippen LogP contribution is -2.00. The van der Waals surface area contributed by atoms with E-state index < -0.39 is 5.97 Å². The fraction of sp³-hybridized carbons (Fsp3) is 0.333. The SMILES string of the molecule is CCCc1nc(-c2ccccc2OC)c(CC(=O)O)s1. The number of ether oxygens (including phenoxy) is 1. The van der Waals surface area contributed by atoms with E-state index in [2.05, 4.69) is 11.9 Å². The van der Waals surface area contributed by atoms with Gasteiger partial charge < -0.3 is 9.84 Å². The molecule has 0 spiro atoms. The number of hydrogen-bond acceptors (Lipinski definition) is 4. The molecule has 1 aromatic carbocycles. The highest BCUT2D eigenvalue weighted by atomic mass is 32.1. The molecule has 0 saturated carbocycles. The number of carbonyl (C=O) groups is 1. The summed E-state index contributed by atoms with van der Waals surface area (Å²) in [6.07, 6.45) is 1.85. The van der Waals surface area contributed by atoms with Crippen molar-refractivity contribution >= 4 is 17.3 Å². The van der Waals surface area contributed by atoms with Gasteiger partial charge in [-0.2, -0.15) is 0 Å². The number of methoxy groups -OCH3 is 1. The molecular weight excluding hydrogens is 274 g/mol. The van der Waals surface area contributed by atoms with E-state index >= 15 is 0 Å². The van der Waals surface area contributed by atoms with Gasteiger partial charge in [0.05, 0.1) is 24.2 Å². The molecule has 0 aliphatic carbocycles. The van der Waals surface area contributed by atoms with Crippen molar-refractivity contribution in [3.05, 3.63) is 34.2 Å². The molecule has 0 amide bonds. The molecule has 0 atom stereocenters. The van der Waals surface area contributed by atoms with Crippen LogP contribution in [-0.2, 0) is 17.6 Å². The number of aromatic nitrogens is 1. The van der Waals surface area contributed by atoms with Crippen LogP contribution in [0.25, 0.3) is 11.3 Å². The average Bonchev–Trinajstić information content (AvgIpc) is 2.81. The third-order valence-corrected chi connectivity index (χ3v) is 3.99. The van der Waals surface area contributed by atoms with Crippen LogP contribution in [-0.4, -0.2) is 23.2 Å². The van der Waals surface area contributed by atoms with Crippen LogP contribution in [0.4, 0.5) is 0 Å². The van der Waals surface area contributed by atoms with Gasteiger partial charge in [-0.25, -0.2) is 4.98 Å². The molecule has 2 rings (SSSR count). The Labute approximate surface area is 122 Å². The molecule has 0 aliphatic rings. The second kappa shape index (κ2) is 6.52. The first-order chi connectivity index (χ1) is 9.65. The van der Waals surface area contributed by atoms with E-state index in [0.717, 1.165) is 34.0 Å². The number of thiazole rings is 1. The van der Waals surface area contributed by atoms with E-state index in [-0.39, 0.29) is 6.42 Å². The number of para-hydroxylation sites is 1. The van der Waals surface area contributed by atoms with Gasteiger partial charge in [0.15, 0.2) is 0 Å². The smallest absolute Gasteiger partial charge is 0.308 e. The number of benzene rings is 1. The summed E-state index contributed by atoms with van der Waals surface area (Å²) in [7, 11) is 1.61. The zero-order valence-electron chi connectivity index (χ0n) is 11.5. The summed E-state index contributed by atoms with van der Waals surface area (Å²) in [6.45, 7) is 2.08. The van der Waals surface area contributed by atoms with Crippen LogP contribution in [0.2, 0.25) is 0 Å². The Morgan fingerprint density at radius 2 is 2.15 bits per heavy atom. The summed E-state index contributed by atoms with van der Waals surface area (Å²) < 4.78 is 5.35. The first-order valence-corrected chi connectivity index (χ1v) is 7.31. The minimum atomic E-state index is -0.840. The average molecular weight is 291 g/mol. The third kappa shape index (κ3) is 3.17. The number of rotatable bonds is 6. The summed E-state index contributed by atoms with van der Waals surface area (Å²) in [4.78, 5) is 16.4. The van der Waals surface area contributed by atoms with E-state index in [1.54, 1.807) is 7.11 Å². The first-order valence-electron chi connectivity index (χ1n) is 6.49. The normalized spacial score (nSPS) is 10.5. The molecule has 0 bridgehead atoms. The lowest BCUT2D eigenvalue weighted by atomic mass is 10.1. The van der Waals surface area contributed by atoms with Crippen molar-refractivity contribution < 1.29 is 14.6 Å². The Kier molecular flexibility index (Phi) is 4.74. The fourth-order valence-corrected chi connectivity index (χ4v) is 3.20. The second-order valence-corrected chi connectivity index (χ2v) is 5.57. The number of nitrogens with zero attached hydrogens (tertiary/aromatic N) is 1. The Morgan fingerprint density at radius 1 is 1.40 bits per heavy atom. The minimum absolute atomic E-state index is 0.00520. The number of carboxylic acid groups (broad SMARTS) is 1. The van der Waals surface area contributed by atoms with Gasteiger partial charge in [0, 0.05) is 10.4 Å². The van der Waals surface area contributed by atoms with Crippen LogP contribution in [0.1, 0.15) is 23.2 Å². The zero-order chi connectivity index (χ0) is 14.5. The van der Waals surface area contributed by atoms with Crippen molar-refractivity contribution in [2.45, 2.75) is 26.2 Å². The van der Waals surface area contributed by atoms with Gasteiger partial charge in [-0.05, 0) is 25.0 Å². The Hall–Kier alpha value is -1.88. The molecule has 5 heteroatoms.